The van der Waals surface area contributed by atoms with Crippen LogP contribution in [-0.2, 0) is 6.54 Å². The highest BCUT2D eigenvalue weighted by Gasteiger charge is 2.07. The second-order valence-electron chi connectivity index (χ2n) is 4.52. The number of benzene rings is 1. The molecule has 0 aliphatic heterocycles. The first-order valence-corrected chi connectivity index (χ1v) is 7.02. The number of aromatic nitrogens is 5. The molecular weight excluding hydrogens is 326 g/mol. The summed E-state index contributed by atoms with van der Waals surface area (Å²) in [5.41, 5.74) is 2.31. The fraction of sp³-hybridized carbons (Fsp3) is 0.0769. The highest BCUT2D eigenvalue weighted by Crippen LogP contribution is 2.30. The zero-order valence-electron chi connectivity index (χ0n) is 11.1. The van der Waals surface area contributed by atoms with Crippen molar-refractivity contribution >= 4 is 34.8 Å². The average Bonchev–Trinajstić information content (AvgIpc) is 3.20. The molecule has 0 saturated carbocycles. The van der Waals surface area contributed by atoms with Crippen molar-refractivity contribution in [2.24, 2.45) is 0 Å². The summed E-state index contributed by atoms with van der Waals surface area (Å²) in [6.07, 6.45) is 1.49. The largest absolute Gasteiger partial charge is 0.343 e. The quantitative estimate of drug-likeness (QED) is 0.620. The first-order valence-electron chi connectivity index (χ1n) is 6.21. The average molecular weight is 336 g/mol. The van der Waals surface area contributed by atoms with Crippen molar-refractivity contribution in [1.82, 2.24) is 25.1 Å². The van der Waals surface area contributed by atoms with E-state index in [0.717, 1.165) is 26.4 Å². The molecular formula is C13H10ClN5O2S. The minimum absolute atomic E-state index is 0. The molecule has 4 rings (SSSR count). The van der Waals surface area contributed by atoms with E-state index < -0.39 is 0 Å². The van der Waals surface area contributed by atoms with E-state index in [1.54, 1.807) is 11.3 Å². The number of hydrogen-bond acceptors (Lipinski definition) is 6. The van der Waals surface area contributed by atoms with Crippen molar-refractivity contribution < 1.29 is 4.63 Å². The highest BCUT2D eigenvalue weighted by atomic mass is 35.5. The standard InChI is InChI=1S/C13H9N5O2S.ClH/c19-13-15-14-7-18(13)6-9-2-4-12(21-9)8-1-3-10-11(5-8)17-20-16-10;/h1-5,7H,6H2,(H,15,19);1H. The minimum atomic E-state index is -0.208. The van der Waals surface area contributed by atoms with Gasteiger partial charge in [0.15, 0.2) is 0 Å². The molecule has 0 unspecified atom stereocenters. The number of aromatic amines is 1. The molecule has 0 aliphatic carbocycles. The van der Waals surface area contributed by atoms with Gasteiger partial charge in [-0.1, -0.05) is 6.07 Å². The third-order valence-corrected chi connectivity index (χ3v) is 4.26. The Balaban J connectivity index is 0.00000144. The third-order valence-electron chi connectivity index (χ3n) is 3.14. The van der Waals surface area contributed by atoms with E-state index in [1.807, 2.05) is 30.3 Å². The molecule has 0 atom stereocenters. The third kappa shape index (κ3) is 2.53. The summed E-state index contributed by atoms with van der Waals surface area (Å²) in [7, 11) is 0. The lowest BCUT2D eigenvalue weighted by Crippen LogP contribution is -2.16. The zero-order chi connectivity index (χ0) is 14.2. The molecule has 4 aromatic rings. The van der Waals surface area contributed by atoms with E-state index in [2.05, 4.69) is 20.5 Å². The summed E-state index contributed by atoms with van der Waals surface area (Å²) in [6, 6.07) is 9.82. The van der Waals surface area contributed by atoms with E-state index in [4.69, 9.17) is 4.63 Å². The second kappa shape index (κ2) is 5.74. The molecule has 0 bridgehead atoms. The van der Waals surface area contributed by atoms with Gasteiger partial charge in [0.2, 0.25) is 0 Å². The summed E-state index contributed by atoms with van der Waals surface area (Å²) in [5.74, 6) is 0. The Morgan fingerprint density at radius 1 is 1.18 bits per heavy atom. The Bertz CT molecular complexity index is 970. The molecule has 22 heavy (non-hydrogen) atoms. The molecule has 0 fully saturated rings. The number of nitrogens with zero attached hydrogens (tertiary/aromatic N) is 4. The van der Waals surface area contributed by atoms with Crippen LogP contribution in [0.15, 0.2) is 46.1 Å². The molecule has 0 amide bonds. The Labute approximate surface area is 134 Å². The highest BCUT2D eigenvalue weighted by molar-refractivity contribution is 7.15. The molecule has 3 aromatic heterocycles. The second-order valence-corrected chi connectivity index (χ2v) is 5.69. The molecule has 7 nitrogen and oxygen atoms in total. The lowest BCUT2D eigenvalue weighted by molar-refractivity contribution is 0.315. The predicted octanol–water partition coefficient (Wildman–Crippen LogP) is 2.31. The molecule has 9 heteroatoms. The van der Waals surface area contributed by atoms with Gasteiger partial charge in [-0.05, 0) is 40.1 Å². The van der Waals surface area contributed by atoms with Gasteiger partial charge < -0.3 is 0 Å². The normalized spacial score (nSPS) is 10.7. The van der Waals surface area contributed by atoms with Crippen LogP contribution in [0, 0.1) is 0 Å². The van der Waals surface area contributed by atoms with Gasteiger partial charge in [0, 0.05) is 9.75 Å². The number of nitrogens with one attached hydrogen (secondary N) is 1. The maximum absolute atomic E-state index is 11.4. The number of fused-ring (bicyclic) bond motifs is 1. The van der Waals surface area contributed by atoms with Gasteiger partial charge >= 0.3 is 5.69 Å². The Hall–Kier alpha value is -2.45. The van der Waals surface area contributed by atoms with Crippen LogP contribution in [0.3, 0.4) is 0 Å². The molecule has 0 saturated heterocycles. The Kier molecular flexibility index (Phi) is 3.78. The van der Waals surface area contributed by atoms with Crippen molar-refractivity contribution in [3.63, 3.8) is 0 Å². The zero-order valence-corrected chi connectivity index (χ0v) is 12.7. The molecule has 0 aliphatic rings. The predicted molar refractivity (Wildman–Crippen MR) is 84.3 cm³/mol. The molecule has 3 heterocycles. The number of rotatable bonds is 3. The van der Waals surface area contributed by atoms with Crippen LogP contribution in [0.2, 0.25) is 0 Å². The number of halogens is 1. The van der Waals surface area contributed by atoms with Gasteiger partial charge in [-0.15, -0.1) is 23.7 Å². The van der Waals surface area contributed by atoms with Crippen LogP contribution < -0.4 is 5.69 Å². The summed E-state index contributed by atoms with van der Waals surface area (Å²) < 4.78 is 6.23. The minimum Gasteiger partial charge on any atom is -0.276 e. The molecule has 0 radical (unpaired) electrons. The van der Waals surface area contributed by atoms with E-state index in [-0.39, 0.29) is 18.1 Å². The van der Waals surface area contributed by atoms with Gasteiger partial charge in [-0.3, -0.25) is 4.57 Å². The molecule has 1 aromatic carbocycles. The smallest absolute Gasteiger partial charge is 0.276 e. The van der Waals surface area contributed by atoms with E-state index in [9.17, 15) is 4.79 Å². The fourth-order valence-corrected chi connectivity index (χ4v) is 3.11. The first kappa shape index (κ1) is 14.5. The molecule has 112 valence electrons. The Morgan fingerprint density at radius 2 is 2.05 bits per heavy atom. The first-order chi connectivity index (χ1) is 10.3. The SMILES string of the molecule is Cl.O=c1[nH]ncn1Cc1ccc(-c2ccc3nonc3c2)s1. The van der Waals surface area contributed by atoms with Crippen molar-refractivity contribution in [2.45, 2.75) is 6.54 Å². The van der Waals surface area contributed by atoms with Crippen molar-refractivity contribution in [1.29, 1.82) is 0 Å². The van der Waals surface area contributed by atoms with Gasteiger partial charge in [-0.2, -0.15) is 5.10 Å². The number of H-pyrrole nitrogens is 1. The van der Waals surface area contributed by atoms with Crippen LogP contribution in [0.4, 0.5) is 0 Å². The molecule has 0 spiro atoms. The van der Waals surface area contributed by atoms with E-state index in [0.29, 0.717) is 6.54 Å². The van der Waals surface area contributed by atoms with Crippen LogP contribution in [0.25, 0.3) is 21.5 Å². The summed E-state index contributed by atoms with van der Waals surface area (Å²) in [4.78, 5) is 13.6. The van der Waals surface area contributed by atoms with Crippen molar-refractivity contribution in [2.75, 3.05) is 0 Å². The monoisotopic (exact) mass is 335 g/mol. The number of hydrogen-bond donors (Lipinski definition) is 1. The van der Waals surface area contributed by atoms with Crippen LogP contribution in [0.5, 0.6) is 0 Å². The maximum Gasteiger partial charge on any atom is 0.343 e. The van der Waals surface area contributed by atoms with Crippen LogP contribution in [-0.4, -0.2) is 25.1 Å². The van der Waals surface area contributed by atoms with Gasteiger partial charge in [0.05, 0.1) is 6.54 Å². The van der Waals surface area contributed by atoms with Crippen molar-refractivity contribution in [3.8, 4) is 10.4 Å². The summed E-state index contributed by atoms with van der Waals surface area (Å²) in [6.45, 7) is 0.508. The lowest BCUT2D eigenvalue weighted by atomic mass is 10.1. The topological polar surface area (TPSA) is 89.6 Å². The molecule has 1 N–H and O–H groups in total. The fourth-order valence-electron chi connectivity index (χ4n) is 2.10. The van der Waals surface area contributed by atoms with Gasteiger partial charge in [-0.25, -0.2) is 14.5 Å². The number of thiophene rings is 1. The van der Waals surface area contributed by atoms with Crippen LogP contribution >= 0.6 is 23.7 Å². The van der Waals surface area contributed by atoms with Gasteiger partial charge in [0.25, 0.3) is 0 Å². The lowest BCUT2D eigenvalue weighted by Gasteiger charge is -1.97. The van der Waals surface area contributed by atoms with E-state index >= 15 is 0 Å². The Morgan fingerprint density at radius 3 is 2.86 bits per heavy atom. The maximum atomic E-state index is 11.4. The van der Waals surface area contributed by atoms with Crippen molar-refractivity contribution in [3.05, 3.63) is 52.0 Å². The van der Waals surface area contributed by atoms with Gasteiger partial charge in [0.1, 0.15) is 17.4 Å². The summed E-state index contributed by atoms with van der Waals surface area (Å²) in [5, 5.41) is 13.7. The van der Waals surface area contributed by atoms with E-state index in [1.165, 1.54) is 10.9 Å². The van der Waals surface area contributed by atoms with Crippen LogP contribution in [0.1, 0.15) is 4.88 Å². The summed E-state index contributed by atoms with van der Waals surface area (Å²) >= 11 is 1.62.